The van der Waals surface area contributed by atoms with Crippen molar-refractivity contribution in [2.75, 3.05) is 6.61 Å². The molecule has 0 aromatic carbocycles. The molecule has 0 spiro atoms. The zero-order valence-electron chi connectivity index (χ0n) is 11.3. The molecular formula is C14H26O3. The van der Waals surface area contributed by atoms with Crippen LogP contribution >= 0.6 is 0 Å². The first-order valence-corrected chi connectivity index (χ1v) is 6.88. The number of carbonyl (C=O) groups excluding carboxylic acids is 2. The Morgan fingerprint density at radius 3 is 2.06 bits per heavy atom. The molecule has 3 heteroatoms. The summed E-state index contributed by atoms with van der Waals surface area (Å²) in [4.78, 5) is 22.6. The molecule has 0 N–H and O–H groups in total. The average molecular weight is 242 g/mol. The van der Waals surface area contributed by atoms with Gasteiger partial charge in [0.1, 0.15) is 5.78 Å². The number of ether oxygens (including phenoxy) is 1. The topological polar surface area (TPSA) is 43.4 Å². The molecule has 0 unspecified atom stereocenters. The maximum atomic E-state index is 11.3. The summed E-state index contributed by atoms with van der Waals surface area (Å²) in [5, 5.41) is 0. The van der Waals surface area contributed by atoms with Crippen LogP contribution in [0.15, 0.2) is 0 Å². The highest BCUT2D eigenvalue weighted by molar-refractivity contribution is 5.78. The predicted octanol–water partition coefficient (Wildman–Crippen LogP) is 3.65. The van der Waals surface area contributed by atoms with E-state index in [2.05, 4.69) is 13.8 Å². The van der Waals surface area contributed by atoms with E-state index in [0.717, 1.165) is 38.5 Å². The Labute approximate surface area is 105 Å². The first-order valence-electron chi connectivity index (χ1n) is 6.88. The molecule has 0 bridgehead atoms. The smallest absolute Gasteiger partial charge is 0.305 e. The Morgan fingerprint density at radius 2 is 1.41 bits per heavy atom. The van der Waals surface area contributed by atoms with Gasteiger partial charge in [-0.15, -0.1) is 0 Å². The SMILES string of the molecule is CCCCOC(=O)CCCCC(=O)CCCC. The van der Waals surface area contributed by atoms with Crippen LogP contribution in [0, 0.1) is 0 Å². The molecule has 0 heterocycles. The lowest BCUT2D eigenvalue weighted by molar-refractivity contribution is -0.144. The van der Waals surface area contributed by atoms with Gasteiger partial charge in [-0.1, -0.05) is 26.7 Å². The van der Waals surface area contributed by atoms with Crippen molar-refractivity contribution in [2.24, 2.45) is 0 Å². The Morgan fingerprint density at radius 1 is 0.824 bits per heavy atom. The van der Waals surface area contributed by atoms with Gasteiger partial charge in [-0.3, -0.25) is 9.59 Å². The van der Waals surface area contributed by atoms with Crippen LogP contribution in [0.5, 0.6) is 0 Å². The molecule has 3 nitrogen and oxygen atoms in total. The van der Waals surface area contributed by atoms with Gasteiger partial charge in [0.2, 0.25) is 0 Å². The van der Waals surface area contributed by atoms with Crippen LogP contribution in [0.4, 0.5) is 0 Å². The Kier molecular flexibility index (Phi) is 11.0. The molecule has 0 aromatic rings. The quantitative estimate of drug-likeness (QED) is 0.410. The monoisotopic (exact) mass is 242 g/mol. The van der Waals surface area contributed by atoms with Crippen LogP contribution in [0.1, 0.15) is 71.6 Å². The van der Waals surface area contributed by atoms with Gasteiger partial charge in [-0.05, 0) is 25.7 Å². The molecule has 0 aromatic heterocycles. The minimum Gasteiger partial charge on any atom is -0.466 e. The van der Waals surface area contributed by atoms with E-state index in [-0.39, 0.29) is 5.97 Å². The first-order chi connectivity index (χ1) is 8.20. The van der Waals surface area contributed by atoms with Crippen molar-refractivity contribution in [1.82, 2.24) is 0 Å². The summed E-state index contributed by atoms with van der Waals surface area (Å²) in [5.74, 6) is 0.200. The predicted molar refractivity (Wildman–Crippen MR) is 68.9 cm³/mol. The van der Waals surface area contributed by atoms with Crippen molar-refractivity contribution in [2.45, 2.75) is 71.6 Å². The number of ketones is 1. The molecule has 100 valence electrons. The summed E-state index contributed by atoms with van der Waals surface area (Å²) in [6.45, 7) is 4.68. The Bertz CT molecular complexity index is 212. The molecule has 0 aliphatic heterocycles. The summed E-state index contributed by atoms with van der Waals surface area (Å²) < 4.78 is 5.03. The third-order valence-corrected chi connectivity index (χ3v) is 2.66. The molecular weight excluding hydrogens is 216 g/mol. The second-order valence-corrected chi connectivity index (χ2v) is 4.42. The Balaban J connectivity index is 3.32. The van der Waals surface area contributed by atoms with E-state index < -0.39 is 0 Å². The van der Waals surface area contributed by atoms with Crippen molar-refractivity contribution in [3.8, 4) is 0 Å². The number of hydrogen-bond donors (Lipinski definition) is 0. The van der Waals surface area contributed by atoms with Gasteiger partial charge in [0.25, 0.3) is 0 Å². The zero-order valence-corrected chi connectivity index (χ0v) is 11.3. The van der Waals surface area contributed by atoms with E-state index in [1.54, 1.807) is 0 Å². The van der Waals surface area contributed by atoms with Crippen molar-refractivity contribution in [1.29, 1.82) is 0 Å². The lowest BCUT2D eigenvalue weighted by Gasteiger charge is -2.03. The number of hydrogen-bond acceptors (Lipinski definition) is 3. The van der Waals surface area contributed by atoms with Crippen molar-refractivity contribution in [3.63, 3.8) is 0 Å². The second kappa shape index (κ2) is 11.6. The van der Waals surface area contributed by atoms with Crippen molar-refractivity contribution >= 4 is 11.8 Å². The third kappa shape index (κ3) is 11.4. The van der Waals surface area contributed by atoms with E-state index in [0.29, 0.717) is 31.7 Å². The molecule has 0 radical (unpaired) electrons. The van der Waals surface area contributed by atoms with Crippen LogP contribution in [0.25, 0.3) is 0 Å². The molecule has 0 rings (SSSR count). The molecule has 0 saturated carbocycles. The molecule has 0 atom stereocenters. The highest BCUT2D eigenvalue weighted by Gasteiger charge is 2.04. The van der Waals surface area contributed by atoms with Gasteiger partial charge < -0.3 is 4.74 Å². The molecule has 0 aliphatic rings. The molecule has 0 fully saturated rings. The average Bonchev–Trinajstić information content (AvgIpc) is 2.32. The van der Waals surface area contributed by atoms with Gasteiger partial charge in [0.15, 0.2) is 0 Å². The summed E-state index contributed by atoms with van der Waals surface area (Å²) in [7, 11) is 0. The largest absolute Gasteiger partial charge is 0.466 e. The summed E-state index contributed by atoms with van der Waals surface area (Å²) in [5.41, 5.74) is 0. The fraction of sp³-hybridized carbons (Fsp3) is 0.857. The van der Waals surface area contributed by atoms with Crippen LogP contribution in [0.3, 0.4) is 0 Å². The summed E-state index contributed by atoms with van der Waals surface area (Å²) >= 11 is 0. The molecule has 17 heavy (non-hydrogen) atoms. The summed E-state index contributed by atoms with van der Waals surface area (Å²) in [6.07, 6.45) is 7.35. The number of unbranched alkanes of at least 4 members (excludes halogenated alkanes) is 3. The zero-order chi connectivity index (χ0) is 12.9. The fourth-order valence-electron chi connectivity index (χ4n) is 1.49. The minimum atomic E-state index is -0.126. The van der Waals surface area contributed by atoms with Crippen LogP contribution in [0.2, 0.25) is 0 Å². The van der Waals surface area contributed by atoms with Gasteiger partial charge >= 0.3 is 5.97 Å². The van der Waals surface area contributed by atoms with E-state index in [1.807, 2.05) is 0 Å². The number of rotatable bonds is 11. The van der Waals surface area contributed by atoms with Crippen LogP contribution in [-0.2, 0) is 14.3 Å². The van der Waals surface area contributed by atoms with E-state index in [1.165, 1.54) is 0 Å². The van der Waals surface area contributed by atoms with Gasteiger partial charge in [0, 0.05) is 19.3 Å². The normalized spacial score (nSPS) is 10.2. The van der Waals surface area contributed by atoms with Crippen molar-refractivity contribution < 1.29 is 14.3 Å². The molecule has 0 saturated heterocycles. The standard InChI is InChI=1S/C14H26O3/c1-3-5-9-13(15)10-7-8-11-14(16)17-12-6-4-2/h3-12H2,1-2H3. The maximum absolute atomic E-state index is 11.3. The van der Waals surface area contributed by atoms with Gasteiger partial charge in [-0.25, -0.2) is 0 Å². The lowest BCUT2D eigenvalue weighted by atomic mass is 10.1. The Hall–Kier alpha value is -0.860. The number of Topliss-reactive ketones (excluding diaryl/α,β-unsaturated/α-hetero) is 1. The number of carbonyl (C=O) groups is 2. The minimum absolute atomic E-state index is 0.126. The summed E-state index contributed by atoms with van der Waals surface area (Å²) in [6, 6.07) is 0. The fourth-order valence-corrected chi connectivity index (χ4v) is 1.49. The third-order valence-electron chi connectivity index (χ3n) is 2.66. The molecule has 0 amide bonds. The lowest BCUT2D eigenvalue weighted by Crippen LogP contribution is -2.06. The van der Waals surface area contributed by atoms with E-state index in [9.17, 15) is 9.59 Å². The van der Waals surface area contributed by atoms with Gasteiger partial charge in [-0.2, -0.15) is 0 Å². The highest BCUT2D eigenvalue weighted by Crippen LogP contribution is 2.06. The van der Waals surface area contributed by atoms with Gasteiger partial charge in [0.05, 0.1) is 6.61 Å². The maximum Gasteiger partial charge on any atom is 0.305 e. The molecule has 0 aliphatic carbocycles. The number of esters is 1. The van der Waals surface area contributed by atoms with Crippen molar-refractivity contribution in [3.05, 3.63) is 0 Å². The highest BCUT2D eigenvalue weighted by atomic mass is 16.5. The van der Waals surface area contributed by atoms with E-state index >= 15 is 0 Å². The van der Waals surface area contributed by atoms with E-state index in [4.69, 9.17) is 4.74 Å². The first kappa shape index (κ1) is 16.1. The van der Waals surface area contributed by atoms with Crippen LogP contribution < -0.4 is 0 Å². The van der Waals surface area contributed by atoms with Crippen LogP contribution in [-0.4, -0.2) is 18.4 Å². The second-order valence-electron chi connectivity index (χ2n) is 4.42.